The summed E-state index contributed by atoms with van der Waals surface area (Å²) < 4.78 is 88.9. The molecule has 2 aromatic rings. The molecule has 0 fully saturated rings. The van der Waals surface area contributed by atoms with Gasteiger partial charge in [0, 0.05) is 11.3 Å². The summed E-state index contributed by atoms with van der Waals surface area (Å²) in [6.45, 7) is -1.60. The number of benzene rings is 2. The van der Waals surface area contributed by atoms with E-state index >= 15 is 0 Å². The first kappa shape index (κ1) is 22.1. The Morgan fingerprint density at radius 1 is 1.14 bits per heavy atom. The Kier molecular flexibility index (Phi) is 6.43. The van der Waals surface area contributed by atoms with Gasteiger partial charge in [0.25, 0.3) is 5.91 Å². The van der Waals surface area contributed by atoms with E-state index in [4.69, 9.17) is 5.26 Å². The van der Waals surface area contributed by atoms with Crippen LogP contribution in [0.1, 0.15) is 15.9 Å². The number of anilines is 1. The molecule has 0 atom stereocenters. The normalized spacial score (nSPS) is 11.8. The first-order chi connectivity index (χ1) is 13.4. The van der Waals surface area contributed by atoms with Crippen LogP contribution in [-0.2, 0) is 9.84 Å². The molecule has 12 heteroatoms. The van der Waals surface area contributed by atoms with Crippen LogP contribution in [0, 0.1) is 11.3 Å². The van der Waals surface area contributed by atoms with E-state index < -0.39 is 39.2 Å². The third-order valence-corrected chi connectivity index (χ3v) is 4.83. The van der Waals surface area contributed by atoms with Crippen LogP contribution in [0.15, 0.2) is 47.4 Å². The van der Waals surface area contributed by atoms with Gasteiger partial charge in [0.2, 0.25) is 9.84 Å². The number of sulfone groups is 1. The van der Waals surface area contributed by atoms with Gasteiger partial charge < -0.3 is 10.1 Å². The number of ether oxygens (including phenoxy) is 1. The third kappa shape index (κ3) is 5.64. The highest BCUT2D eigenvalue weighted by atomic mass is 32.2. The lowest BCUT2D eigenvalue weighted by Gasteiger charge is -2.12. The van der Waals surface area contributed by atoms with E-state index in [0.29, 0.717) is 0 Å². The fraction of sp³-hybridized carbons (Fsp3) is 0.176. The highest BCUT2D eigenvalue weighted by molar-refractivity contribution is 7.91. The minimum atomic E-state index is -4.80. The number of hydrogen-bond donors (Lipinski definition) is 1. The molecular weight excluding hydrogens is 423 g/mol. The topological polar surface area (TPSA) is 96.3 Å². The Labute approximate surface area is 161 Å². The average molecular weight is 434 g/mol. The molecule has 2 rings (SSSR count). The number of rotatable bonds is 6. The summed E-state index contributed by atoms with van der Waals surface area (Å²) in [6.07, 6.45) is -4.59. The highest BCUT2D eigenvalue weighted by Crippen LogP contribution is 2.25. The van der Waals surface area contributed by atoms with Crippen LogP contribution in [0.25, 0.3) is 0 Å². The van der Waals surface area contributed by atoms with Crippen molar-refractivity contribution in [2.75, 3.05) is 11.9 Å². The number of amides is 1. The zero-order valence-corrected chi connectivity index (χ0v) is 15.0. The zero-order chi connectivity index (χ0) is 21.8. The Morgan fingerprint density at radius 3 is 2.28 bits per heavy atom. The molecular formula is C17H11F5N2O4S. The third-order valence-electron chi connectivity index (χ3n) is 3.43. The van der Waals surface area contributed by atoms with E-state index in [0.717, 1.165) is 36.4 Å². The lowest BCUT2D eigenvalue weighted by atomic mass is 10.1. The van der Waals surface area contributed by atoms with Crippen molar-refractivity contribution in [3.8, 4) is 11.8 Å². The van der Waals surface area contributed by atoms with Crippen LogP contribution in [0.4, 0.5) is 27.6 Å². The summed E-state index contributed by atoms with van der Waals surface area (Å²) >= 11 is 0. The van der Waals surface area contributed by atoms with Crippen molar-refractivity contribution in [3.05, 3.63) is 53.6 Å². The standard InChI is InChI=1S/C17H11F5N2O4S/c18-16(19)29(26,27)13-4-1-10(2-5-13)15(25)24-12-3-6-14(11(7-12)8-23)28-9-17(20,21)22/h1-7,16H,9H2,(H,24,25). The molecule has 0 saturated heterocycles. The molecule has 0 radical (unpaired) electrons. The number of hydrogen-bond acceptors (Lipinski definition) is 5. The molecule has 1 amide bonds. The molecule has 0 saturated carbocycles. The highest BCUT2D eigenvalue weighted by Gasteiger charge is 2.29. The number of nitrogens with zero attached hydrogens (tertiary/aromatic N) is 1. The molecule has 6 nitrogen and oxygen atoms in total. The van der Waals surface area contributed by atoms with E-state index in [-0.39, 0.29) is 22.6 Å². The van der Waals surface area contributed by atoms with Crippen LogP contribution in [0.5, 0.6) is 5.75 Å². The van der Waals surface area contributed by atoms with E-state index in [2.05, 4.69) is 10.1 Å². The van der Waals surface area contributed by atoms with Crippen molar-refractivity contribution in [1.82, 2.24) is 0 Å². The number of carbonyl (C=O) groups excluding carboxylic acids is 1. The van der Waals surface area contributed by atoms with Crippen LogP contribution < -0.4 is 10.1 Å². The summed E-state index contributed by atoms with van der Waals surface area (Å²) in [5, 5.41) is 11.4. The zero-order valence-electron chi connectivity index (χ0n) is 14.2. The van der Waals surface area contributed by atoms with Crippen LogP contribution in [0.2, 0.25) is 0 Å². The molecule has 29 heavy (non-hydrogen) atoms. The summed E-state index contributed by atoms with van der Waals surface area (Å²) in [5.41, 5.74) is -0.283. The predicted octanol–water partition coefficient (Wildman–Crippen LogP) is 3.75. The summed E-state index contributed by atoms with van der Waals surface area (Å²) in [6, 6.07) is 8.68. The second-order valence-electron chi connectivity index (χ2n) is 5.51. The maximum absolute atomic E-state index is 12.5. The van der Waals surface area contributed by atoms with Crippen molar-refractivity contribution in [1.29, 1.82) is 5.26 Å². The van der Waals surface area contributed by atoms with Gasteiger partial charge in [0.15, 0.2) is 6.61 Å². The van der Waals surface area contributed by atoms with Gasteiger partial charge in [-0.1, -0.05) is 0 Å². The van der Waals surface area contributed by atoms with Crippen molar-refractivity contribution in [2.24, 2.45) is 0 Å². The van der Waals surface area contributed by atoms with Crippen LogP contribution in [0.3, 0.4) is 0 Å². The molecule has 0 aliphatic rings. The van der Waals surface area contributed by atoms with Gasteiger partial charge in [0.05, 0.1) is 10.5 Å². The van der Waals surface area contributed by atoms with Gasteiger partial charge >= 0.3 is 11.9 Å². The Morgan fingerprint density at radius 2 is 1.76 bits per heavy atom. The molecule has 1 N–H and O–H groups in total. The van der Waals surface area contributed by atoms with Crippen molar-refractivity contribution >= 4 is 21.4 Å². The molecule has 0 spiro atoms. The molecule has 0 unspecified atom stereocenters. The van der Waals surface area contributed by atoms with E-state index in [1.54, 1.807) is 6.07 Å². The van der Waals surface area contributed by atoms with Gasteiger partial charge in [-0.05, 0) is 42.5 Å². The number of carbonyl (C=O) groups is 1. The van der Waals surface area contributed by atoms with Crippen LogP contribution in [-0.4, -0.2) is 32.9 Å². The minimum absolute atomic E-state index is 0.0511. The van der Waals surface area contributed by atoms with Gasteiger partial charge in [-0.3, -0.25) is 4.79 Å². The fourth-order valence-corrected chi connectivity index (χ4v) is 2.80. The largest absolute Gasteiger partial charge is 0.483 e. The molecule has 154 valence electrons. The summed E-state index contributed by atoms with van der Waals surface area (Å²) in [4.78, 5) is 11.5. The van der Waals surface area contributed by atoms with Crippen molar-refractivity contribution in [2.45, 2.75) is 16.8 Å². The average Bonchev–Trinajstić information content (AvgIpc) is 2.66. The van der Waals surface area contributed by atoms with Crippen molar-refractivity contribution in [3.63, 3.8) is 0 Å². The number of halogens is 5. The number of nitrogens with one attached hydrogen (secondary N) is 1. The van der Waals surface area contributed by atoms with Gasteiger partial charge in [0.1, 0.15) is 11.8 Å². The van der Waals surface area contributed by atoms with E-state index in [1.807, 2.05) is 0 Å². The Balaban J connectivity index is 2.15. The molecule has 2 aromatic carbocycles. The van der Waals surface area contributed by atoms with Crippen molar-refractivity contribution < 1.29 is 39.9 Å². The second kappa shape index (κ2) is 8.44. The first-order valence-electron chi connectivity index (χ1n) is 7.61. The second-order valence-corrected chi connectivity index (χ2v) is 7.43. The number of alkyl halides is 5. The molecule has 0 aliphatic heterocycles. The maximum Gasteiger partial charge on any atom is 0.422 e. The summed E-state index contributed by atoms with van der Waals surface area (Å²) in [5.74, 6) is -4.70. The Bertz CT molecular complexity index is 1040. The SMILES string of the molecule is N#Cc1cc(NC(=O)c2ccc(S(=O)(=O)C(F)F)cc2)ccc1OCC(F)(F)F. The lowest BCUT2D eigenvalue weighted by molar-refractivity contribution is -0.153. The predicted molar refractivity (Wildman–Crippen MR) is 90.3 cm³/mol. The van der Waals surface area contributed by atoms with Gasteiger partial charge in [-0.25, -0.2) is 8.42 Å². The summed E-state index contributed by atoms with van der Waals surface area (Å²) in [7, 11) is -4.80. The monoisotopic (exact) mass is 434 g/mol. The smallest absolute Gasteiger partial charge is 0.422 e. The molecule has 0 heterocycles. The quantitative estimate of drug-likeness (QED) is 0.699. The minimum Gasteiger partial charge on any atom is -0.483 e. The Hall–Kier alpha value is -3.20. The van der Waals surface area contributed by atoms with E-state index in [9.17, 15) is 35.2 Å². The fourth-order valence-electron chi connectivity index (χ4n) is 2.08. The van der Waals surface area contributed by atoms with E-state index in [1.165, 1.54) is 6.07 Å². The lowest BCUT2D eigenvalue weighted by Crippen LogP contribution is -2.19. The first-order valence-corrected chi connectivity index (χ1v) is 9.16. The molecule has 0 aliphatic carbocycles. The number of nitriles is 1. The van der Waals surface area contributed by atoms with Crippen LogP contribution >= 0.6 is 0 Å². The van der Waals surface area contributed by atoms with Gasteiger partial charge in [-0.2, -0.15) is 27.2 Å². The maximum atomic E-state index is 12.5. The molecule has 0 bridgehead atoms. The van der Waals surface area contributed by atoms with Gasteiger partial charge in [-0.15, -0.1) is 0 Å². The molecule has 0 aromatic heterocycles.